The van der Waals surface area contributed by atoms with E-state index >= 15 is 0 Å². The van der Waals surface area contributed by atoms with E-state index in [9.17, 15) is 14.4 Å². The highest BCUT2D eigenvalue weighted by atomic mass is 127. The van der Waals surface area contributed by atoms with Crippen LogP contribution < -0.4 is 5.32 Å². The van der Waals surface area contributed by atoms with E-state index < -0.39 is 6.04 Å². The minimum Gasteiger partial charge on any atom is -0.324 e. The Kier molecular flexibility index (Phi) is 4.42. The zero-order valence-electron chi connectivity index (χ0n) is 11.3. The number of carbonyl (C=O) groups is 3. The first-order valence-corrected chi connectivity index (χ1v) is 7.40. The zero-order valence-corrected chi connectivity index (χ0v) is 13.4. The summed E-state index contributed by atoms with van der Waals surface area (Å²) in [4.78, 5) is 36.5. The van der Waals surface area contributed by atoms with Gasteiger partial charge in [-0.05, 0) is 60.2 Å². The number of imide groups is 1. The fraction of sp³-hybridized carbons (Fsp3) is 0.357. The number of likely N-dealkylation sites (tertiary alicyclic amines) is 1. The van der Waals surface area contributed by atoms with Gasteiger partial charge in [0.05, 0.1) is 0 Å². The number of hydrogen-bond donors (Lipinski definition) is 1. The SMILES string of the molecule is Cc1cc(I)ccc1NC(=O)[C@H](C)N1C(=O)CCC1=O. The van der Waals surface area contributed by atoms with Crippen molar-refractivity contribution in [3.63, 3.8) is 0 Å². The van der Waals surface area contributed by atoms with Crippen LogP contribution in [0.25, 0.3) is 0 Å². The molecule has 1 aromatic rings. The third-order valence-electron chi connectivity index (χ3n) is 3.30. The van der Waals surface area contributed by atoms with Crippen LogP contribution in [0.1, 0.15) is 25.3 Å². The molecule has 0 aliphatic carbocycles. The molecular formula is C14H15IN2O3. The van der Waals surface area contributed by atoms with Gasteiger partial charge in [0.15, 0.2) is 0 Å². The number of hydrogen-bond acceptors (Lipinski definition) is 3. The van der Waals surface area contributed by atoms with Crippen molar-refractivity contribution in [3.8, 4) is 0 Å². The maximum Gasteiger partial charge on any atom is 0.247 e. The van der Waals surface area contributed by atoms with E-state index in [0.29, 0.717) is 5.69 Å². The number of amides is 3. The molecule has 1 heterocycles. The molecule has 0 saturated carbocycles. The van der Waals surface area contributed by atoms with E-state index in [0.717, 1.165) is 14.0 Å². The maximum absolute atomic E-state index is 12.2. The minimum atomic E-state index is -0.781. The molecule has 6 heteroatoms. The van der Waals surface area contributed by atoms with Crippen LogP contribution in [0.5, 0.6) is 0 Å². The van der Waals surface area contributed by atoms with Gasteiger partial charge in [-0.1, -0.05) is 0 Å². The van der Waals surface area contributed by atoms with Crippen LogP contribution >= 0.6 is 22.6 Å². The molecule has 0 radical (unpaired) electrons. The van der Waals surface area contributed by atoms with Crippen molar-refractivity contribution < 1.29 is 14.4 Å². The number of anilines is 1. The van der Waals surface area contributed by atoms with Gasteiger partial charge in [-0.15, -0.1) is 0 Å². The molecule has 0 aromatic heterocycles. The summed E-state index contributed by atoms with van der Waals surface area (Å²) in [6.45, 7) is 3.47. The number of nitrogens with one attached hydrogen (secondary N) is 1. The molecule has 1 N–H and O–H groups in total. The topological polar surface area (TPSA) is 66.5 Å². The Hall–Kier alpha value is -1.44. The molecule has 106 valence electrons. The highest BCUT2D eigenvalue weighted by Crippen LogP contribution is 2.20. The predicted octanol–water partition coefficient (Wildman–Crippen LogP) is 2.08. The van der Waals surface area contributed by atoms with Crippen LogP contribution in [0, 0.1) is 10.5 Å². The summed E-state index contributed by atoms with van der Waals surface area (Å²) in [5, 5.41) is 2.77. The summed E-state index contributed by atoms with van der Waals surface area (Å²) in [6.07, 6.45) is 0.387. The maximum atomic E-state index is 12.2. The quantitative estimate of drug-likeness (QED) is 0.639. The number of rotatable bonds is 3. The van der Waals surface area contributed by atoms with E-state index in [4.69, 9.17) is 0 Å². The molecule has 0 bridgehead atoms. The summed E-state index contributed by atoms with van der Waals surface area (Å²) in [7, 11) is 0. The van der Waals surface area contributed by atoms with Crippen molar-refractivity contribution in [3.05, 3.63) is 27.3 Å². The van der Waals surface area contributed by atoms with Crippen molar-refractivity contribution in [2.45, 2.75) is 32.7 Å². The number of halogens is 1. The molecule has 1 aromatic carbocycles. The predicted molar refractivity (Wildman–Crippen MR) is 83.1 cm³/mol. The van der Waals surface area contributed by atoms with Crippen molar-refractivity contribution in [2.24, 2.45) is 0 Å². The second-order valence-electron chi connectivity index (χ2n) is 4.78. The normalized spacial score (nSPS) is 16.4. The molecule has 20 heavy (non-hydrogen) atoms. The van der Waals surface area contributed by atoms with Gasteiger partial charge < -0.3 is 5.32 Å². The summed E-state index contributed by atoms with van der Waals surface area (Å²) in [6, 6.07) is 4.87. The second-order valence-corrected chi connectivity index (χ2v) is 6.03. The number of nitrogens with zero attached hydrogens (tertiary/aromatic N) is 1. The Morgan fingerprint density at radius 3 is 2.45 bits per heavy atom. The minimum absolute atomic E-state index is 0.193. The molecule has 1 saturated heterocycles. The molecule has 1 aliphatic rings. The fourth-order valence-corrected chi connectivity index (χ4v) is 2.79. The van der Waals surface area contributed by atoms with Gasteiger partial charge in [0, 0.05) is 22.1 Å². The highest BCUT2D eigenvalue weighted by molar-refractivity contribution is 14.1. The first kappa shape index (κ1) is 15.0. The van der Waals surface area contributed by atoms with Gasteiger partial charge >= 0.3 is 0 Å². The van der Waals surface area contributed by atoms with Crippen LogP contribution in [-0.4, -0.2) is 28.7 Å². The summed E-state index contributed by atoms with van der Waals surface area (Å²) in [5.41, 5.74) is 1.64. The number of carbonyl (C=O) groups excluding carboxylic acids is 3. The highest BCUT2D eigenvalue weighted by Gasteiger charge is 2.36. The molecule has 0 spiro atoms. The summed E-state index contributed by atoms with van der Waals surface area (Å²) < 4.78 is 1.08. The Labute approximate surface area is 130 Å². The van der Waals surface area contributed by atoms with Gasteiger partial charge in [0.25, 0.3) is 0 Å². The third kappa shape index (κ3) is 3.00. The second kappa shape index (κ2) is 5.90. The monoisotopic (exact) mass is 386 g/mol. The Morgan fingerprint density at radius 1 is 1.30 bits per heavy atom. The molecule has 1 fully saturated rings. The lowest BCUT2D eigenvalue weighted by atomic mass is 10.2. The van der Waals surface area contributed by atoms with Crippen LogP contribution in [0.2, 0.25) is 0 Å². The van der Waals surface area contributed by atoms with Gasteiger partial charge in [-0.3, -0.25) is 19.3 Å². The molecule has 1 atom stereocenters. The smallest absolute Gasteiger partial charge is 0.247 e. The molecule has 1 aliphatic heterocycles. The van der Waals surface area contributed by atoms with Crippen molar-refractivity contribution in [1.29, 1.82) is 0 Å². The van der Waals surface area contributed by atoms with Crippen molar-refractivity contribution >= 4 is 46.0 Å². The fourth-order valence-electron chi connectivity index (χ4n) is 2.15. The Bertz CT molecular complexity index is 570. The van der Waals surface area contributed by atoms with Crippen LogP contribution in [0.4, 0.5) is 5.69 Å². The lowest BCUT2D eigenvalue weighted by Gasteiger charge is -2.22. The van der Waals surface area contributed by atoms with Crippen molar-refractivity contribution in [1.82, 2.24) is 4.90 Å². The van der Waals surface area contributed by atoms with E-state index in [2.05, 4.69) is 27.9 Å². The molecular weight excluding hydrogens is 371 g/mol. The number of benzene rings is 1. The molecule has 3 amide bonds. The van der Waals surface area contributed by atoms with E-state index in [1.165, 1.54) is 0 Å². The molecule has 0 unspecified atom stereocenters. The van der Waals surface area contributed by atoms with Crippen LogP contribution in [0.15, 0.2) is 18.2 Å². The summed E-state index contributed by atoms with van der Waals surface area (Å²) in [5.74, 6) is -0.910. The van der Waals surface area contributed by atoms with Crippen molar-refractivity contribution in [2.75, 3.05) is 5.32 Å². The van der Waals surface area contributed by atoms with Gasteiger partial charge in [-0.25, -0.2) is 0 Å². The lowest BCUT2D eigenvalue weighted by Crippen LogP contribution is -2.45. The Morgan fingerprint density at radius 2 is 1.90 bits per heavy atom. The molecule has 5 nitrogen and oxygen atoms in total. The lowest BCUT2D eigenvalue weighted by molar-refractivity contribution is -0.144. The van der Waals surface area contributed by atoms with Gasteiger partial charge in [0.1, 0.15) is 6.04 Å². The standard InChI is InChI=1S/C14H15IN2O3/c1-8-7-10(15)3-4-11(8)16-14(20)9(2)17-12(18)5-6-13(17)19/h3-4,7,9H,5-6H2,1-2H3,(H,16,20)/t9-/m0/s1. The first-order chi connectivity index (χ1) is 9.40. The number of aryl methyl sites for hydroxylation is 1. The van der Waals surface area contributed by atoms with Gasteiger partial charge in [-0.2, -0.15) is 0 Å². The average Bonchev–Trinajstić information content (AvgIpc) is 2.71. The van der Waals surface area contributed by atoms with E-state index in [1.54, 1.807) is 6.92 Å². The zero-order chi connectivity index (χ0) is 14.9. The molecule has 2 rings (SSSR count). The van der Waals surface area contributed by atoms with E-state index in [1.807, 2.05) is 25.1 Å². The Balaban J connectivity index is 2.11. The summed E-state index contributed by atoms with van der Waals surface area (Å²) >= 11 is 2.20. The average molecular weight is 386 g/mol. The van der Waals surface area contributed by atoms with Crippen LogP contribution in [0.3, 0.4) is 0 Å². The largest absolute Gasteiger partial charge is 0.324 e. The van der Waals surface area contributed by atoms with Gasteiger partial charge in [0.2, 0.25) is 17.7 Å². The third-order valence-corrected chi connectivity index (χ3v) is 3.97. The van der Waals surface area contributed by atoms with E-state index in [-0.39, 0.29) is 30.6 Å². The first-order valence-electron chi connectivity index (χ1n) is 6.32. The van der Waals surface area contributed by atoms with Crippen LogP contribution in [-0.2, 0) is 14.4 Å².